The number of ether oxygens (including phenoxy) is 2. The van der Waals surface area contributed by atoms with Gasteiger partial charge in [-0.25, -0.2) is 4.79 Å². The highest BCUT2D eigenvalue weighted by molar-refractivity contribution is 5.68. The van der Waals surface area contributed by atoms with E-state index in [-0.39, 0.29) is 18.3 Å². The average Bonchev–Trinajstić information content (AvgIpc) is 1.98. The third-order valence-electron chi connectivity index (χ3n) is 2.07. The summed E-state index contributed by atoms with van der Waals surface area (Å²) in [7, 11) is 0. The van der Waals surface area contributed by atoms with Crippen molar-refractivity contribution in [2.75, 3.05) is 13.1 Å². The predicted molar refractivity (Wildman–Crippen MR) is 57.8 cm³/mol. The smallest absolute Gasteiger partial charge is 0.410 e. The van der Waals surface area contributed by atoms with Crippen molar-refractivity contribution in [3.8, 4) is 0 Å². The second-order valence-electron chi connectivity index (χ2n) is 5.14. The lowest BCUT2D eigenvalue weighted by Gasteiger charge is -2.36. The van der Waals surface area contributed by atoms with Crippen molar-refractivity contribution in [3.63, 3.8) is 0 Å². The monoisotopic (exact) mass is 215 g/mol. The number of morpholine rings is 1. The van der Waals surface area contributed by atoms with Crippen LogP contribution < -0.4 is 0 Å². The highest BCUT2D eigenvalue weighted by Gasteiger charge is 2.29. The summed E-state index contributed by atoms with van der Waals surface area (Å²) in [5, 5.41) is 0. The molecule has 0 spiro atoms. The van der Waals surface area contributed by atoms with Gasteiger partial charge in [0.1, 0.15) is 5.60 Å². The zero-order valence-corrected chi connectivity index (χ0v) is 10.2. The topological polar surface area (TPSA) is 38.8 Å². The van der Waals surface area contributed by atoms with Crippen LogP contribution in [0, 0.1) is 0 Å². The molecule has 1 saturated heterocycles. The standard InChI is InChI=1S/C11H21NO3/c1-8-6-12(7-9(2)14-8)10(13)15-11(3,4)5/h8-9H,6-7H2,1-5H3/t8-,9+. The number of nitrogens with zero attached hydrogens (tertiary/aromatic N) is 1. The molecule has 1 aliphatic rings. The molecule has 1 aliphatic heterocycles. The molecule has 0 aromatic carbocycles. The molecule has 0 aromatic heterocycles. The predicted octanol–water partition coefficient (Wildman–Crippen LogP) is 2.03. The van der Waals surface area contributed by atoms with Crippen LogP contribution >= 0.6 is 0 Å². The first-order chi connectivity index (χ1) is 6.78. The van der Waals surface area contributed by atoms with Crippen LogP contribution in [0.3, 0.4) is 0 Å². The summed E-state index contributed by atoms with van der Waals surface area (Å²) in [6, 6.07) is 0. The van der Waals surface area contributed by atoms with Gasteiger partial charge in [0.05, 0.1) is 25.3 Å². The fraction of sp³-hybridized carbons (Fsp3) is 0.909. The van der Waals surface area contributed by atoms with Crippen molar-refractivity contribution in [1.82, 2.24) is 4.90 Å². The minimum absolute atomic E-state index is 0.0845. The summed E-state index contributed by atoms with van der Waals surface area (Å²) in [5.74, 6) is 0. The van der Waals surface area contributed by atoms with Crippen molar-refractivity contribution in [2.24, 2.45) is 0 Å². The third-order valence-corrected chi connectivity index (χ3v) is 2.07. The molecule has 88 valence electrons. The SMILES string of the molecule is C[C@@H]1CN(C(=O)OC(C)(C)C)C[C@H](C)O1. The van der Waals surface area contributed by atoms with E-state index in [1.54, 1.807) is 4.90 Å². The average molecular weight is 215 g/mol. The summed E-state index contributed by atoms with van der Waals surface area (Å²) >= 11 is 0. The van der Waals surface area contributed by atoms with Crippen LogP contribution in [0.2, 0.25) is 0 Å². The van der Waals surface area contributed by atoms with Gasteiger partial charge in [-0.3, -0.25) is 0 Å². The van der Waals surface area contributed by atoms with Crippen molar-refractivity contribution in [3.05, 3.63) is 0 Å². The Kier molecular flexibility index (Phi) is 3.60. The molecule has 0 radical (unpaired) electrons. The molecule has 2 atom stereocenters. The minimum Gasteiger partial charge on any atom is -0.444 e. The van der Waals surface area contributed by atoms with Gasteiger partial charge in [0.25, 0.3) is 0 Å². The number of rotatable bonds is 0. The molecule has 4 nitrogen and oxygen atoms in total. The minimum atomic E-state index is -0.429. The van der Waals surface area contributed by atoms with Gasteiger partial charge in [-0.1, -0.05) is 0 Å². The molecule has 1 heterocycles. The zero-order valence-electron chi connectivity index (χ0n) is 10.2. The summed E-state index contributed by atoms with van der Waals surface area (Å²) in [5.41, 5.74) is -0.429. The van der Waals surface area contributed by atoms with Gasteiger partial charge in [-0.05, 0) is 34.6 Å². The fourth-order valence-electron chi connectivity index (χ4n) is 1.65. The second kappa shape index (κ2) is 4.39. The first kappa shape index (κ1) is 12.3. The van der Waals surface area contributed by atoms with Crippen LogP contribution in [0.25, 0.3) is 0 Å². The van der Waals surface area contributed by atoms with Crippen LogP contribution in [0.15, 0.2) is 0 Å². The molecular weight excluding hydrogens is 194 g/mol. The van der Waals surface area contributed by atoms with Gasteiger partial charge >= 0.3 is 6.09 Å². The van der Waals surface area contributed by atoms with Gasteiger partial charge in [-0.15, -0.1) is 0 Å². The lowest BCUT2D eigenvalue weighted by Crippen LogP contribution is -2.49. The molecule has 1 fully saturated rings. The molecule has 4 heteroatoms. The highest BCUT2D eigenvalue weighted by atomic mass is 16.6. The van der Waals surface area contributed by atoms with Crippen molar-refractivity contribution in [2.45, 2.75) is 52.4 Å². The molecule has 0 aromatic rings. The lowest BCUT2D eigenvalue weighted by molar-refractivity contribution is -0.0724. The lowest BCUT2D eigenvalue weighted by atomic mass is 10.2. The Balaban J connectivity index is 2.52. The van der Waals surface area contributed by atoms with E-state index < -0.39 is 5.60 Å². The quantitative estimate of drug-likeness (QED) is 0.620. The number of hydrogen-bond acceptors (Lipinski definition) is 3. The number of hydrogen-bond donors (Lipinski definition) is 0. The van der Waals surface area contributed by atoms with Crippen LogP contribution in [0.5, 0.6) is 0 Å². The van der Waals surface area contributed by atoms with Crippen molar-refractivity contribution < 1.29 is 14.3 Å². The maximum atomic E-state index is 11.8. The Bertz CT molecular complexity index is 224. The van der Waals surface area contributed by atoms with E-state index in [4.69, 9.17) is 9.47 Å². The van der Waals surface area contributed by atoms with E-state index in [9.17, 15) is 4.79 Å². The highest BCUT2D eigenvalue weighted by Crippen LogP contribution is 2.15. The van der Waals surface area contributed by atoms with E-state index >= 15 is 0 Å². The molecule has 15 heavy (non-hydrogen) atoms. The Morgan fingerprint density at radius 2 is 1.73 bits per heavy atom. The summed E-state index contributed by atoms with van der Waals surface area (Å²) in [6.07, 6.45) is -0.0768. The number of carbonyl (C=O) groups excluding carboxylic acids is 1. The van der Waals surface area contributed by atoms with Crippen LogP contribution in [-0.2, 0) is 9.47 Å². The largest absolute Gasteiger partial charge is 0.444 e. The Labute approximate surface area is 91.5 Å². The number of amides is 1. The Hall–Kier alpha value is -0.770. The molecule has 1 rings (SSSR count). The maximum absolute atomic E-state index is 11.8. The van der Waals surface area contributed by atoms with E-state index in [2.05, 4.69) is 0 Å². The van der Waals surface area contributed by atoms with Gasteiger partial charge < -0.3 is 14.4 Å². The first-order valence-corrected chi connectivity index (χ1v) is 5.41. The van der Waals surface area contributed by atoms with E-state index in [0.717, 1.165) is 0 Å². The Morgan fingerprint density at radius 3 is 2.13 bits per heavy atom. The van der Waals surface area contributed by atoms with E-state index in [1.807, 2.05) is 34.6 Å². The molecule has 0 unspecified atom stereocenters. The van der Waals surface area contributed by atoms with Gasteiger partial charge in [0, 0.05) is 0 Å². The first-order valence-electron chi connectivity index (χ1n) is 5.41. The van der Waals surface area contributed by atoms with Gasteiger partial charge in [0.15, 0.2) is 0 Å². The zero-order chi connectivity index (χ0) is 11.6. The van der Waals surface area contributed by atoms with Crippen LogP contribution in [0.4, 0.5) is 4.79 Å². The van der Waals surface area contributed by atoms with E-state index in [1.165, 1.54) is 0 Å². The summed E-state index contributed by atoms with van der Waals surface area (Å²) < 4.78 is 10.9. The van der Waals surface area contributed by atoms with E-state index in [0.29, 0.717) is 13.1 Å². The molecule has 0 N–H and O–H groups in total. The molecule has 0 bridgehead atoms. The maximum Gasteiger partial charge on any atom is 0.410 e. The summed E-state index contributed by atoms with van der Waals surface area (Å²) in [4.78, 5) is 13.5. The normalized spacial score (nSPS) is 27.7. The van der Waals surface area contributed by atoms with Crippen LogP contribution in [-0.4, -0.2) is 41.9 Å². The van der Waals surface area contributed by atoms with Crippen molar-refractivity contribution >= 4 is 6.09 Å². The van der Waals surface area contributed by atoms with Gasteiger partial charge in [0.2, 0.25) is 0 Å². The second-order valence-corrected chi connectivity index (χ2v) is 5.14. The molecule has 0 saturated carbocycles. The Morgan fingerprint density at radius 1 is 1.27 bits per heavy atom. The molecule has 1 amide bonds. The van der Waals surface area contributed by atoms with Crippen molar-refractivity contribution in [1.29, 1.82) is 0 Å². The summed E-state index contributed by atoms with van der Waals surface area (Å²) in [6.45, 7) is 10.8. The fourth-order valence-corrected chi connectivity index (χ4v) is 1.65. The molecule has 0 aliphatic carbocycles. The third kappa shape index (κ3) is 4.08. The number of carbonyl (C=O) groups is 1. The molecular formula is C11H21NO3. The van der Waals surface area contributed by atoms with Crippen LogP contribution in [0.1, 0.15) is 34.6 Å². The van der Waals surface area contributed by atoms with Gasteiger partial charge in [-0.2, -0.15) is 0 Å².